The lowest BCUT2D eigenvalue weighted by Crippen LogP contribution is -2.55. The Balaban J connectivity index is 2.53. The van der Waals surface area contributed by atoms with Crippen molar-refractivity contribution in [3.63, 3.8) is 0 Å². The number of β-amino-alcohol motifs (C(OH)–C–C–N with tert-alkyl or cyclic N) is 1. The minimum Gasteiger partial charge on any atom is -0.392 e. The summed E-state index contributed by atoms with van der Waals surface area (Å²) in [4.78, 5) is 4.80. The molecule has 1 aliphatic heterocycles. The highest BCUT2D eigenvalue weighted by atomic mass is 16.3. The summed E-state index contributed by atoms with van der Waals surface area (Å²) in [5.41, 5.74) is 0. The van der Waals surface area contributed by atoms with E-state index in [-0.39, 0.29) is 6.10 Å². The monoisotopic (exact) mass is 200 g/mol. The molecule has 2 unspecified atom stereocenters. The van der Waals surface area contributed by atoms with Gasteiger partial charge in [0.05, 0.1) is 6.10 Å². The zero-order valence-corrected chi connectivity index (χ0v) is 9.90. The molecule has 0 radical (unpaired) electrons. The fraction of sp³-hybridized carbons (Fsp3) is 1.00. The summed E-state index contributed by atoms with van der Waals surface area (Å²) in [5.74, 6) is 0.663. The Morgan fingerprint density at radius 1 is 1.29 bits per heavy atom. The van der Waals surface area contributed by atoms with Crippen LogP contribution in [0.5, 0.6) is 0 Å². The van der Waals surface area contributed by atoms with E-state index >= 15 is 0 Å². The van der Waals surface area contributed by atoms with Crippen LogP contribution < -0.4 is 0 Å². The molecule has 1 fully saturated rings. The van der Waals surface area contributed by atoms with Gasteiger partial charge < -0.3 is 10.0 Å². The molecule has 14 heavy (non-hydrogen) atoms. The highest BCUT2D eigenvalue weighted by Crippen LogP contribution is 2.16. The zero-order chi connectivity index (χ0) is 10.7. The molecule has 0 aromatic heterocycles. The molecule has 1 rings (SSSR count). The Hall–Kier alpha value is -0.120. The van der Waals surface area contributed by atoms with E-state index in [0.717, 1.165) is 26.2 Å². The minimum atomic E-state index is -0.209. The summed E-state index contributed by atoms with van der Waals surface area (Å²) in [7, 11) is 2.18. The lowest BCUT2D eigenvalue weighted by Gasteiger charge is -2.42. The first-order valence-electron chi connectivity index (χ1n) is 5.61. The molecule has 1 saturated heterocycles. The fourth-order valence-corrected chi connectivity index (χ4v) is 2.19. The van der Waals surface area contributed by atoms with Crippen LogP contribution in [-0.2, 0) is 0 Å². The van der Waals surface area contributed by atoms with Crippen LogP contribution >= 0.6 is 0 Å². The Morgan fingerprint density at radius 3 is 2.43 bits per heavy atom. The summed E-state index contributed by atoms with van der Waals surface area (Å²) in [6, 6.07) is 0.600. The SMILES string of the molecule is CC(O)CN1CCN(C)CC1C(C)C. The molecule has 0 aliphatic carbocycles. The molecule has 1 heterocycles. The van der Waals surface area contributed by atoms with Gasteiger partial charge in [-0.25, -0.2) is 0 Å². The molecule has 3 heteroatoms. The van der Waals surface area contributed by atoms with Gasteiger partial charge in [0.15, 0.2) is 0 Å². The van der Waals surface area contributed by atoms with Gasteiger partial charge in [0.1, 0.15) is 0 Å². The van der Waals surface area contributed by atoms with Crippen LogP contribution in [0.1, 0.15) is 20.8 Å². The van der Waals surface area contributed by atoms with Crippen LogP contribution in [0.15, 0.2) is 0 Å². The Bertz CT molecular complexity index is 171. The van der Waals surface area contributed by atoms with Gasteiger partial charge in [-0.1, -0.05) is 13.8 Å². The number of likely N-dealkylation sites (N-methyl/N-ethyl adjacent to an activating group) is 1. The summed E-state index contributed by atoms with van der Waals surface area (Å²) < 4.78 is 0. The van der Waals surface area contributed by atoms with Gasteiger partial charge in [-0.3, -0.25) is 4.90 Å². The standard InChI is InChI=1S/C11H24N2O/c1-9(2)11-8-12(4)5-6-13(11)7-10(3)14/h9-11,14H,5-8H2,1-4H3. The van der Waals surface area contributed by atoms with E-state index in [4.69, 9.17) is 0 Å². The number of nitrogens with zero attached hydrogens (tertiary/aromatic N) is 2. The van der Waals surface area contributed by atoms with Crippen molar-refractivity contribution < 1.29 is 5.11 Å². The first-order valence-corrected chi connectivity index (χ1v) is 5.61. The molecule has 0 bridgehead atoms. The third-order valence-electron chi connectivity index (χ3n) is 3.00. The third-order valence-corrected chi connectivity index (χ3v) is 3.00. The van der Waals surface area contributed by atoms with Crippen molar-refractivity contribution in [2.24, 2.45) is 5.92 Å². The predicted molar refractivity (Wildman–Crippen MR) is 59.4 cm³/mol. The molecule has 0 spiro atoms. The smallest absolute Gasteiger partial charge is 0.0639 e. The zero-order valence-electron chi connectivity index (χ0n) is 9.90. The van der Waals surface area contributed by atoms with Gasteiger partial charge in [-0.05, 0) is 19.9 Å². The van der Waals surface area contributed by atoms with Crippen molar-refractivity contribution in [3.8, 4) is 0 Å². The first kappa shape index (κ1) is 12.0. The molecular formula is C11H24N2O. The molecular weight excluding hydrogens is 176 g/mol. The second-order valence-corrected chi connectivity index (χ2v) is 4.92. The Morgan fingerprint density at radius 2 is 1.93 bits per heavy atom. The molecule has 1 aliphatic rings. The normalized spacial score (nSPS) is 28.3. The average Bonchev–Trinajstić information content (AvgIpc) is 2.07. The maximum absolute atomic E-state index is 9.41. The lowest BCUT2D eigenvalue weighted by atomic mass is 9.99. The molecule has 0 aromatic carbocycles. The number of piperazine rings is 1. The summed E-state index contributed by atoms with van der Waals surface area (Å²) in [6.07, 6.45) is -0.209. The molecule has 2 atom stereocenters. The summed E-state index contributed by atoms with van der Waals surface area (Å²) in [5, 5.41) is 9.41. The number of rotatable bonds is 3. The highest BCUT2D eigenvalue weighted by Gasteiger charge is 2.27. The van der Waals surface area contributed by atoms with Gasteiger partial charge in [0.25, 0.3) is 0 Å². The van der Waals surface area contributed by atoms with Gasteiger partial charge in [0, 0.05) is 32.2 Å². The second-order valence-electron chi connectivity index (χ2n) is 4.92. The number of hydrogen-bond donors (Lipinski definition) is 1. The van der Waals surface area contributed by atoms with Gasteiger partial charge in [-0.2, -0.15) is 0 Å². The van der Waals surface area contributed by atoms with Crippen LogP contribution in [0, 0.1) is 5.92 Å². The van der Waals surface area contributed by atoms with Crippen molar-refractivity contribution in [3.05, 3.63) is 0 Å². The van der Waals surface area contributed by atoms with E-state index < -0.39 is 0 Å². The molecule has 0 saturated carbocycles. The van der Waals surface area contributed by atoms with Crippen LogP contribution in [-0.4, -0.2) is 60.3 Å². The van der Waals surface area contributed by atoms with E-state index in [9.17, 15) is 5.11 Å². The maximum Gasteiger partial charge on any atom is 0.0639 e. The van der Waals surface area contributed by atoms with Crippen molar-refractivity contribution >= 4 is 0 Å². The predicted octanol–water partition coefficient (Wildman–Crippen LogP) is 0.639. The van der Waals surface area contributed by atoms with E-state index in [0.29, 0.717) is 12.0 Å². The lowest BCUT2D eigenvalue weighted by molar-refractivity contribution is 0.0285. The fourth-order valence-electron chi connectivity index (χ4n) is 2.19. The second kappa shape index (κ2) is 5.10. The molecule has 0 amide bonds. The molecule has 0 aromatic rings. The number of hydrogen-bond acceptors (Lipinski definition) is 3. The quantitative estimate of drug-likeness (QED) is 0.724. The highest BCUT2D eigenvalue weighted by molar-refractivity contribution is 4.83. The average molecular weight is 200 g/mol. The topological polar surface area (TPSA) is 26.7 Å². The largest absolute Gasteiger partial charge is 0.392 e. The van der Waals surface area contributed by atoms with Crippen molar-refractivity contribution in [2.75, 3.05) is 33.2 Å². The first-order chi connectivity index (χ1) is 6.50. The van der Waals surface area contributed by atoms with E-state index in [1.165, 1.54) is 0 Å². The maximum atomic E-state index is 9.41. The Kier molecular flexibility index (Phi) is 4.35. The van der Waals surface area contributed by atoms with Crippen molar-refractivity contribution in [1.29, 1.82) is 0 Å². The van der Waals surface area contributed by atoms with Crippen molar-refractivity contribution in [1.82, 2.24) is 9.80 Å². The third kappa shape index (κ3) is 3.23. The Labute approximate surface area is 87.7 Å². The summed E-state index contributed by atoms with van der Waals surface area (Å²) >= 11 is 0. The van der Waals surface area contributed by atoms with E-state index in [1.807, 2.05) is 6.92 Å². The number of aliphatic hydroxyl groups is 1. The van der Waals surface area contributed by atoms with Crippen LogP contribution in [0.4, 0.5) is 0 Å². The summed E-state index contributed by atoms with van der Waals surface area (Å²) in [6.45, 7) is 10.6. The van der Waals surface area contributed by atoms with Crippen LogP contribution in [0.3, 0.4) is 0 Å². The van der Waals surface area contributed by atoms with Crippen molar-refractivity contribution in [2.45, 2.75) is 32.9 Å². The van der Waals surface area contributed by atoms with Crippen LogP contribution in [0.2, 0.25) is 0 Å². The number of aliphatic hydroxyl groups excluding tert-OH is 1. The van der Waals surface area contributed by atoms with Gasteiger partial charge in [-0.15, -0.1) is 0 Å². The molecule has 3 nitrogen and oxygen atoms in total. The molecule has 1 N–H and O–H groups in total. The van der Waals surface area contributed by atoms with Gasteiger partial charge in [0.2, 0.25) is 0 Å². The van der Waals surface area contributed by atoms with Crippen LogP contribution in [0.25, 0.3) is 0 Å². The van der Waals surface area contributed by atoms with Gasteiger partial charge >= 0.3 is 0 Å². The minimum absolute atomic E-state index is 0.209. The van der Waals surface area contributed by atoms with E-state index in [1.54, 1.807) is 0 Å². The molecule has 84 valence electrons. The van der Waals surface area contributed by atoms with E-state index in [2.05, 4.69) is 30.7 Å².